The van der Waals surface area contributed by atoms with Crippen molar-refractivity contribution in [1.82, 2.24) is 4.90 Å². The molecule has 1 fully saturated rings. The van der Waals surface area contributed by atoms with E-state index in [0.717, 1.165) is 4.90 Å². The predicted molar refractivity (Wildman–Crippen MR) is 149 cm³/mol. The number of imide groups is 1. The summed E-state index contributed by atoms with van der Waals surface area (Å²) in [6, 6.07) is 14.2. The summed E-state index contributed by atoms with van der Waals surface area (Å²) in [4.78, 5) is 62.7. The molecule has 206 valence electrons. The van der Waals surface area contributed by atoms with Crippen LogP contribution in [0.4, 0.5) is 10.5 Å². The molecule has 0 bridgehead atoms. The van der Waals surface area contributed by atoms with Crippen LogP contribution >= 0.6 is 23.4 Å². The molecule has 1 aliphatic rings. The molecule has 1 aromatic heterocycles. The molecule has 0 spiro atoms. The van der Waals surface area contributed by atoms with Gasteiger partial charge in [0, 0.05) is 17.3 Å². The van der Waals surface area contributed by atoms with Gasteiger partial charge in [-0.3, -0.25) is 19.3 Å². The summed E-state index contributed by atoms with van der Waals surface area (Å²) in [5.74, 6) is -1.54. The maximum Gasteiger partial charge on any atom is 0.339 e. The van der Waals surface area contributed by atoms with E-state index in [1.54, 1.807) is 50.2 Å². The number of hydrogen-bond acceptors (Lipinski definition) is 9. The molecule has 3 amide bonds. The molecular weight excluding hydrogens is 560 g/mol. The average molecular weight is 583 g/mol. The zero-order chi connectivity index (χ0) is 28.8. The number of carbonyl (C=O) groups is 5. The lowest BCUT2D eigenvalue weighted by Crippen LogP contribution is -2.36. The zero-order valence-electron chi connectivity index (χ0n) is 21.4. The normalized spacial score (nSPS) is 14.0. The Kier molecular flexibility index (Phi) is 9.08. The molecule has 40 heavy (non-hydrogen) atoms. The van der Waals surface area contributed by atoms with E-state index < -0.39 is 35.5 Å². The highest BCUT2D eigenvalue weighted by molar-refractivity contribution is 8.18. The molecule has 0 saturated carbocycles. The van der Waals surface area contributed by atoms with Gasteiger partial charge in [-0.2, -0.15) is 0 Å². The summed E-state index contributed by atoms with van der Waals surface area (Å²) >= 11 is 6.72. The van der Waals surface area contributed by atoms with Crippen molar-refractivity contribution in [1.29, 1.82) is 0 Å². The third kappa shape index (κ3) is 6.61. The van der Waals surface area contributed by atoms with Gasteiger partial charge in [0.1, 0.15) is 18.1 Å². The first kappa shape index (κ1) is 28.7. The van der Waals surface area contributed by atoms with Crippen molar-refractivity contribution in [2.24, 2.45) is 0 Å². The van der Waals surface area contributed by atoms with Crippen LogP contribution in [0.15, 0.2) is 63.9 Å². The topological polar surface area (TPSA) is 132 Å². The standard InChI is InChI=1S/C28H23ClN2O8S/c1-3-37-26(34)17-7-5-16(6-8-17)22-12-10-19(39-22)14-23-25(33)31(28(36)40-23)15-24(32)30-18-9-11-21(29)20(13-18)27(35)38-4-2/h5-14H,3-4,15H2,1-2H3,(H,30,32)/b23-14+. The van der Waals surface area contributed by atoms with E-state index >= 15 is 0 Å². The molecule has 1 aliphatic heterocycles. The quantitative estimate of drug-likeness (QED) is 0.252. The summed E-state index contributed by atoms with van der Waals surface area (Å²) in [5, 5.41) is 2.09. The number of thioether (sulfide) groups is 1. The van der Waals surface area contributed by atoms with Gasteiger partial charge in [0.05, 0.1) is 34.3 Å². The third-order valence-electron chi connectivity index (χ3n) is 5.50. The van der Waals surface area contributed by atoms with Crippen molar-refractivity contribution >= 4 is 64.1 Å². The Bertz CT molecular complexity index is 1510. The van der Waals surface area contributed by atoms with Crippen molar-refractivity contribution in [2.75, 3.05) is 25.1 Å². The highest BCUT2D eigenvalue weighted by Gasteiger charge is 2.36. The van der Waals surface area contributed by atoms with Gasteiger partial charge in [-0.25, -0.2) is 9.59 Å². The van der Waals surface area contributed by atoms with Crippen molar-refractivity contribution in [3.63, 3.8) is 0 Å². The summed E-state index contributed by atoms with van der Waals surface area (Å²) < 4.78 is 15.7. The van der Waals surface area contributed by atoms with Gasteiger partial charge in [-0.1, -0.05) is 23.7 Å². The fourth-order valence-electron chi connectivity index (χ4n) is 3.65. The molecule has 1 N–H and O–H groups in total. The van der Waals surface area contributed by atoms with Gasteiger partial charge in [0.25, 0.3) is 11.1 Å². The summed E-state index contributed by atoms with van der Waals surface area (Å²) in [7, 11) is 0. The van der Waals surface area contributed by atoms with Crippen LogP contribution in [-0.2, 0) is 19.1 Å². The lowest BCUT2D eigenvalue weighted by atomic mass is 10.1. The molecule has 3 aromatic rings. The van der Waals surface area contributed by atoms with E-state index in [9.17, 15) is 24.0 Å². The molecule has 0 aliphatic carbocycles. The smallest absolute Gasteiger partial charge is 0.339 e. The maximum absolute atomic E-state index is 12.9. The van der Waals surface area contributed by atoms with Crippen LogP contribution in [0, 0.1) is 0 Å². The number of rotatable bonds is 9. The number of furan rings is 1. The number of anilines is 1. The molecule has 4 rings (SSSR count). The zero-order valence-corrected chi connectivity index (χ0v) is 23.0. The highest BCUT2D eigenvalue weighted by Crippen LogP contribution is 2.33. The summed E-state index contributed by atoms with van der Waals surface area (Å²) in [6.07, 6.45) is 1.42. The molecule has 12 heteroatoms. The highest BCUT2D eigenvalue weighted by atomic mass is 35.5. The van der Waals surface area contributed by atoms with Gasteiger partial charge < -0.3 is 19.2 Å². The Morgan fingerprint density at radius 3 is 2.38 bits per heavy atom. The van der Waals surface area contributed by atoms with Gasteiger partial charge in [-0.05, 0) is 68.1 Å². The van der Waals surface area contributed by atoms with Gasteiger partial charge in [0.2, 0.25) is 5.91 Å². The molecule has 0 unspecified atom stereocenters. The lowest BCUT2D eigenvalue weighted by Gasteiger charge is -2.13. The van der Waals surface area contributed by atoms with Crippen molar-refractivity contribution < 1.29 is 37.9 Å². The number of ether oxygens (including phenoxy) is 2. The molecule has 2 heterocycles. The number of nitrogens with zero attached hydrogens (tertiary/aromatic N) is 1. The number of carbonyl (C=O) groups excluding carboxylic acids is 5. The molecule has 0 radical (unpaired) electrons. The minimum absolute atomic E-state index is 0.0724. The van der Waals surface area contributed by atoms with Crippen molar-refractivity contribution in [3.05, 3.63) is 81.4 Å². The minimum atomic E-state index is -0.648. The number of amides is 3. The Labute approximate surface area is 238 Å². The van der Waals surface area contributed by atoms with E-state index in [4.69, 9.17) is 25.5 Å². The second kappa shape index (κ2) is 12.7. The largest absolute Gasteiger partial charge is 0.462 e. The number of nitrogens with one attached hydrogen (secondary N) is 1. The SMILES string of the molecule is CCOC(=O)c1ccc(-c2ccc(/C=C3/SC(=O)N(CC(=O)Nc4ccc(Cl)c(C(=O)OCC)c4)C3=O)o2)cc1. The van der Waals surface area contributed by atoms with Crippen LogP contribution in [0.1, 0.15) is 40.3 Å². The Morgan fingerprint density at radius 2 is 1.68 bits per heavy atom. The summed E-state index contributed by atoms with van der Waals surface area (Å²) in [5.41, 5.74) is 1.43. The van der Waals surface area contributed by atoms with E-state index in [1.165, 1.54) is 24.3 Å². The number of hydrogen-bond donors (Lipinski definition) is 1. The fraction of sp³-hybridized carbons (Fsp3) is 0.179. The molecule has 2 aromatic carbocycles. The molecule has 0 atom stereocenters. The van der Waals surface area contributed by atoms with Crippen LogP contribution in [0.25, 0.3) is 17.4 Å². The van der Waals surface area contributed by atoms with Crippen LogP contribution in [0.3, 0.4) is 0 Å². The first-order valence-corrected chi connectivity index (χ1v) is 13.3. The first-order valence-electron chi connectivity index (χ1n) is 12.1. The molecular formula is C28H23ClN2O8S. The lowest BCUT2D eigenvalue weighted by molar-refractivity contribution is -0.127. The Hall–Kier alpha value is -4.35. The number of benzene rings is 2. The second-order valence-electron chi connectivity index (χ2n) is 8.23. The average Bonchev–Trinajstić information content (AvgIpc) is 3.50. The van der Waals surface area contributed by atoms with Crippen LogP contribution in [0.5, 0.6) is 0 Å². The monoisotopic (exact) mass is 582 g/mol. The van der Waals surface area contributed by atoms with Crippen LogP contribution < -0.4 is 5.32 Å². The van der Waals surface area contributed by atoms with Gasteiger partial charge >= 0.3 is 11.9 Å². The van der Waals surface area contributed by atoms with Crippen molar-refractivity contribution in [2.45, 2.75) is 13.8 Å². The molecule has 1 saturated heterocycles. The first-order chi connectivity index (χ1) is 19.2. The molecule has 10 nitrogen and oxygen atoms in total. The fourth-order valence-corrected chi connectivity index (χ4v) is 4.66. The Balaban J connectivity index is 1.41. The second-order valence-corrected chi connectivity index (χ2v) is 9.63. The number of esters is 2. The van der Waals surface area contributed by atoms with Gasteiger partial charge in [-0.15, -0.1) is 0 Å². The van der Waals surface area contributed by atoms with Gasteiger partial charge in [0.15, 0.2) is 0 Å². The van der Waals surface area contributed by atoms with E-state index in [2.05, 4.69) is 5.32 Å². The summed E-state index contributed by atoms with van der Waals surface area (Å²) in [6.45, 7) is 3.28. The van der Waals surface area contributed by atoms with E-state index in [-0.39, 0.29) is 34.4 Å². The van der Waals surface area contributed by atoms with Crippen molar-refractivity contribution in [3.8, 4) is 11.3 Å². The van der Waals surface area contributed by atoms with E-state index in [1.807, 2.05) is 0 Å². The number of halogens is 1. The Morgan fingerprint density at radius 1 is 0.975 bits per heavy atom. The predicted octanol–water partition coefficient (Wildman–Crippen LogP) is 5.63. The third-order valence-corrected chi connectivity index (χ3v) is 6.74. The van der Waals surface area contributed by atoms with E-state index in [0.29, 0.717) is 34.4 Å². The minimum Gasteiger partial charge on any atom is -0.462 e. The maximum atomic E-state index is 12.9. The van der Waals surface area contributed by atoms with Crippen LogP contribution in [0.2, 0.25) is 5.02 Å². The van der Waals surface area contributed by atoms with Crippen LogP contribution in [-0.4, -0.2) is 53.7 Å².